The highest BCUT2D eigenvalue weighted by molar-refractivity contribution is 6.07. The fourth-order valence-corrected chi connectivity index (χ4v) is 5.24. The monoisotopic (exact) mass is 451 g/mol. The van der Waals surface area contributed by atoms with Crippen molar-refractivity contribution in [1.29, 1.82) is 5.41 Å². The molecule has 4 rings (SSSR count). The number of pyridine rings is 1. The number of ether oxygens (including phenoxy) is 1. The Balaban J connectivity index is 1.45. The third kappa shape index (κ3) is 4.78. The van der Waals surface area contributed by atoms with E-state index >= 15 is 0 Å². The lowest BCUT2D eigenvalue weighted by molar-refractivity contribution is -0.137. The van der Waals surface area contributed by atoms with Gasteiger partial charge in [-0.2, -0.15) is 13.2 Å². The van der Waals surface area contributed by atoms with E-state index in [0.29, 0.717) is 29.7 Å². The Kier molecular flexibility index (Phi) is 6.24. The molecule has 2 aliphatic carbocycles. The maximum absolute atomic E-state index is 13.2. The summed E-state index contributed by atoms with van der Waals surface area (Å²) >= 11 is 0. The van der Waals surface area contributed by atoms with Crippen LogP contribution < -0.4 is 11.1 Å². The first-order chi connectivity index (χ1) is 15.0. The van der Waals surface area contributed by atoms with Gasteiger partial charge < -0.3 is 26.1 Å². The minimum atomic E-state index is -4.60. The van der Waals surface area contributed by atoms with Crippen LogP contribution in [0.5, 0.6) is 0 Å². The van der Waals surface area contributed by atoms with Crippen LogP contribution in [0, 0.1) is 29.1 Å². The molecule has 1 saturated heterocycles. The number of nitrogens with two attached hydrogens (primary N) is 1. The highest BCUT2D eigenvalue weighted by atomic mass is 19.4. The van der Waals surface area contributed by atoms with Crippen LogP contribution in [0.2, 0.25) is 0 Å². The van der Waals surface area contributed by atoms with Gasteiger partial charge in [0.2, 0.25) is 0 Å². The van der Waals surface area contributed by atoms with Crippen molar-refractivity contribution in [3.8, 4) is 0 Å². The topological polar surface area (TPSA) is 87.3 Å². The van der Waals surface area contributed by atoms with Crippen LogP contribution in [0.4, 0.5) is 19.0 Å². The van der Waals surface area contributed by atoms with Gasteiger partial charge in [-0.15, -0.1) is 0 Å². The molecule has 1 aromatic rings. The maximum Gasteiger partial charge on any atom is 0.419 e. The Hall–Kier alpha value is -2.13. The van der Waals surface area contributed by atoms with Crippen molar-refractivity contribution >= 4 is 11.5 Å². The van der Waals surface area contributed by atoms with E-state index in [1.165, 1.54) is 6.20 Å². The molecule has 2 heterocycles. The number of anilines is 1. The number of alkyl halides is 3. The standard InChI is InChI=1S/C23H32F3N5O/c1-12(2)30-20(7-19(27)14-4-18(23(24,25)26)22(28)29-8-14)21-16-5-15(6-17(16)21)31(3)9-13-10-32-11-13/h4,7-8,12-13,15-17,21,27,30H,5-6,9-11H2,1-3H3,(H2,28,29)/b20-7-,27-19?/t15?,16-,17+,21+. The molecule has 32 heavy (non-hydrogen) atoms. The first kappa shape index (κ1) is 23.0. The molecule has 1 aliphatic heterocycles. The summed E-state index contributed by atoms with van der Waals surface area (Å²) < 4.78 is 44.9. The first-order valence-corrected chi connectivity index (χ1v) is 11.2. The molecule has 3 fully saturated rings. The van der Waals surface area contributed by atoms with E-state index in [9.17, 15) is 13.2 Å². The highest BCUT2D eigenvalue weighted by Crippen LogP contribution is 2.61. The predicted octanol–water partition coefficient (Wildman–Crippen LogP) is 3.54. The third-order valence-corrected chi connectivity index (χ3v) is 6.95. The molecule has 2 saturated carbocycles. The minimum Gasteiger partial charge on any atom is -0.386 e. The van der Waals surface area contributed by atoms with Crippen LogP contribution in [-0.4, -0.2) is 54.5 Å². The molecule has 9 heteroatoms. The normalized spacial score (nSPS) is 28.1. The van der Waals surface area contributed by atoms with Gasteiger partial charge in [-0.3, -0.25) is 0 Å². The van der Waals surface area contributed by atoms with Crippen molar-refractivity contribution in [1.82, 2.24) is 15.2 Å². The Morgan fingerprint density at radius 2 is 2.00 bits per heavy atom. The van der Waals surface area contributed by atoms with E-state index in [1.54, 1.807) is 6.08 Å². The summed E-state index contributed by atoms with van der Waals surface area (Å²) in [4.78, 5) is 6.12. The maximum atomic E-state index is 13.2. The van der Waals surface area contributed by atoms with Gasteiger partial charge in [-0.1, -0.05) is 0 Å². The minimum absolute atomic E-state index is 0.00905. The number of nitrogen functional groups attached to an aromatic ring is 1. The average Bonchev–Trinajstić information content (AvgIpc) is 3.16. The van der Waals surface area contributed by atoms with Crippen molar-refractivity contribution in [2.75, 3.05) is 32.5 Å². The lowest BCUT2D eigenvalue weighted by Gasteiger charge is -2.34. The number of fused-ring (bicyclic) bond motifs is 1. The quantitative estimate of drug-likeness (QED) is 0.527. The summed E-state index contributed by atoms with van der Waals surface area (Å²) in [5.74, 6) is 1.51. The number of aromatic nitrogens is 1. The van der Waals surface area contributed by atoms with Crippen molar-refractivity contribution < 1.29 is 17.9 Å². The van der Waals surface area contributed by atoms with Gasteiger partial charge >= 0.3 is 6.18 Å². The van der Waals surface area contributed by atoms with Crippen LogP contribution >= 0.6 is 0 Å². The average molecular weight is 452 g/mol. The van der Waals surface area contributed by atoms with E-state index in [2.05, 4.69) is 22.2 Å². The molecule has 1 unspecified atom stereocenters. The third-order valence-electron chi connectivity index (χ3n) is 6.95. The zero-order valence-electron chi connectivity index (χ0n) is 18.7. The largest absolute Gasteiger partial charge is 0.419 e. The van der Waals surface area contributed by atoms with Gasteiger partial charge in [0, 0.05) is 47.9 Å². The molecule has 4 atom stereocenters. The zero-order valence-corrected chi connectivity index (χ0v) is 18.7. The zero-order chi connectivity index (χ0) is 23.2. The molecule has 6 nitrogen and oxygen atoms in total. The smallest absolute Gasteiger partial charge is 0.386 e. The Morgan fingerprint density at radius 3 is 2.53 bits per heavy atom. The van der Waals surface area contributed by atoms with E-state index < -0.39 is 17.6 Å². The number of nitrogens with one attached hydrogen (secondary N) is 2. The van der Waals surface area contributed by atoms with Gasteiger partial charge in [0.1, 0.15) is 5.82 Å². The summed E-state index contributed by atoms with van der Waals surface area (Å²) in [6, 6.07) is 1.65. The molecule has 0 amide bonds. The van der Waals surface area contributed by atoms with Crippen LogP contribution in [-0.2, 0) is 10.9 Å². The number of hydrogen-bond acceptors (Lipinski definition) is 6. The second-order valence-corrected chi connectivity index (χ2v) is 9.79. The van der Waals surface area contributed by atoms with E-state index in [4.69, 9.17) is 15.9 Å². The van der Waals surface area contributed by atoms with Crippen molar-refractivity contribution in [2.45, 2.75) is 44.9 Å². The van der Waals surface area contributed by atoms with E-state index in [0.717, 1.165) is 44.4 Å². The summed E-state index contributed by atoms with van der Waals surface area (Å²) in [6.45, 7) is 6.84. The van der Waals surface area contributed by atoms with Gasteiger partial charge in [0.15, 0.2) is 0 Å². The summed E-state index contributed by atoms with van der Waals surface area (Å²) in [5, 5.41) is 11.9. The van der Waals surface area contributed by atoms with Crippen molar-refractivity contribution in [3.05, 3.63) is 35.2 Å². The van der Waals surface area contributed by atoms with Gasteiger partial charge in [0.05, 0.1) is 24.5 Å². The molecule has 0 radical (unpaired) electrons. The second-order valence-electron chi connectivity index (χ2n) is 9.79. The van der Waals surface area contributed by atoms with Crippen LogP contribution in [0.3, 0.4) is 0 Å². The fraction of sp³-hybridized carbons (Fsp3) is 0.652. The predicted molar refractivity (Wildman–Crippen MR) is 117 cm³/mol. The van der Waals surface area contributed by atoms with E-state index in [1.807, 2.05) is 13.8 Å². The lowest BCUT2D eigenvalue weighted by Crippen LogP contribution is -2.42. The van der Waals surface area contributed by atoms with E-state index in [-0.39, 0.29) is 17.3 Å². The molecule has 4 N–H and O–H groups in total. The fourth-order valence-electron chi connectivity index (χ4n) is 5.24. The molecule has 3 aliphatic rings. The number of hydrogen-bond donors (Lipinski definition) is 3. The molecular weight excluding hydrogens is 419 g/mol. The SMILES string of the molecule is CC(C)N/C(=C\C(=N)c1cnc(N)c(C(F)(F)F)c1)[C@H]1[C@@H]2CC(N(C)CC3COC3)C[C@@H]21. The molecular formula is C23H32F3N5O. The first-order valence-electron chi connectivity index (χ1n) is 11.2. The highest BCUT2D eigenvalue weighted by Gasteiger charge is 2.58. The van der Waals surface area contributed by atoms with Gasteiger partial charge in [-0.25, -0.2) is 4.98 Å². The van der Waals surface area contributed by atoms with Gasteiger partial charge in [-0.05, 0) is 57.7 Å². The summed E-state index contributed by atoms with van der Waals surface area (Å²) in [7, 11) is 2.19. The van der Waals surface area contributed by atoms with Gasteiger partial charge in [0.25, 0.3) is 0 Å². The second kappa shape index (κ2) is 8.67. The Bertz CT molecular complexity index is 884. The molecule has 176 valence electrons. The van der Waals surface area contributed by atoms with Crippen LogP contribution in [0.15, 0.2) is 24.0 Å². The number of halogens is 3. The molecule has 0 aromatic carbocycles. The van der Waals surface area contributed by atoms with Crippen LogP contribution in [0.1, 0.15) is 37.8 Å². The Morgan fingerprint density at radius 1 is 1.34 bits per heavy atom. The van der Waals surface area contributed by atoms with Crippen molar-refractivity contribution in [2.24, 2.45) is 23.7 Å². The Labute approximate surface area is 186 Å². The molecule has 1 aromatic heterocycles. The number of rotatable bonds is 8. The van der Waals surface area contributed by atoms with Crippen LogP contribution in [0.25, 0.3) is 0 Å². The molecule has 0 bridgehead atoms. The number of allylic oxidation sites excluding steroid dienone is 2. The summed E-state index contributed by atoms with van der Waals surface area (Å²) in [5.41, 5.74) is 5.46. The lowest BCUT2D eigenvalue weighted by atomic mass is 9.99. The molecule has 0 spiro atoms. The number of nitrogens with zero attached hydrogens (tertiary/aromatic N) is 2. The summed E-state index contributed by atoms with van der Waals surface area (Å²) in [6.07, 6.45) is 0.549. The van der Waals surface area contributed by atoms with Crippen molar-refractivity contribution in [3.63, 3.8) is 0 Å².